The van der Waals surface area contributed by atoms with Crippen LogP contribution in [0, 0.1) is 0 Å². The number of amides is 1. The van der Waals surface area contributed by atoms with Crippen LogP contribution in [-0.2, 0) is 6.54 Å². The van der Waals surface area contributed by atoms with E-state index in [4.69, 9.17) is 4.98 Å². The van der Waals surface area contributed by atoms with E-state index in [0.717, 1.165) is 12.0 Å². The second kappa shape index (κ2) is 8.94. The smallest absolute Gasteiger partial charge is 0.270 e. The molecule has 138 valence electrons. The minimum atomic E-state index is -0.175. The second-order valence-electron chi connectivity index (χ2n) is 6.40. The summed E-state index contributed by atoms with van der Waals surface area (Å²) < 4.78 is 0. The molecule has 0 bridgehead atoms. The zero-order valence-corrected chi connectivity index (χ0v) is 15.7. The molecule has 0 unspecified atom stereocenters. The maximum Gasteiger partial charge on any atom is 0.270 e. The molecule has 5 nitrogen and oxygen atoms in total. The van der Waals surface area contributed by atoms with Gasteiger partial charge < -0.3 is 10.2 Å². The van der Waals surface area contributed by atoms with Crippen LogP contribution in [-0.4, -0.2) is 29.5 Å². The summed E-state index contributed by atoms with van der Waals surface area (Å²) in [5.74, 6) is 1.09. The molecule has 3 rings (SSSR count). The van der Waals surface area contributed by atoms with Gasteiger partial charge in [-0.25, -0.2) is 9.97 Å². The normalized spacial score (nSPS) is 10.4. The lowest BCUT2D eigenvalue weighted by Crippen LogP contribution is -2.26. The lowest BCUT2D eigenvalue weighted by molar-refractivity contribution is 0.0948. The van der Waals surface area contributed by atoms with E-state index in [9.17, 15) is 4.79 Å². The molecule has 0 aliphatic carbocycles. The van der Waals surface area contributed by atoms with Crippen LogP contribution < -0.4 is 10.2 Å². The van der Waals surface area contributed by atoms with Crippen molar-refractivity contribution in [1.82, 2.24) is 15.3 Å². The Hall–Kier alpha value is -3.21. The first kappa shape index (κ1) is 18.6. The summed E-state index contributed by atoms with van der Waals surface area (Å²) in [6.45, 7) is 3.34. The number of rotatable bonds is 7. The van der Waals surface area contributed by atoms with Crippen LogP contribution >= 0.6 is 0 Å². The van der Waals surface area contributed by atoms with Crippen molar-refractivity contribution in [2.45, 2.75) is 19.9 Å². The first-order valence-corrected chi connectivity index (χ1v) is 9.15. The van der Waals surface area contributed by atoms with Crippen molar-refractivity contribution < 1.29 is 4.79 Å². The van der Waals surface area contributed by atoms with Gasteiger partial charge in [-0.3, -0.25) is 4.79 Å². The first-order valence-electron chi connectivity index (χ1n) is 9.15. The number of aromatic nitrogens is 2. The Morgan fingerprint density at radius 3 is 2.33 bits per heavy atom. The number of nitrogens with one attached hydrogen (secondary N) is 1. The molecule has 0 radical (unpaired) electrons. The molecule has 1 heterocycles. The molecule has 0 atom stereocenters. The average molecular weight is 360 g/mol. The van der Waals surface area contributed by atoms with E-state index >= 15 is 0 Å². The number of nitrogens with zero attached hydrogens (tertiary/aromatic N) is 3. The highest BCUT2D eigenvalue weighted by Gasteiger charge is 2.15. The summed E-state index contributed by atoms with van der Waals surface area (Å²) in [5, 5.41) is 2.90. The minimum absolute atomic E-state index is 0.175. The van der Waals surface area contributed by atoms with Crippen molar-refractivity contribution in [3.63, 3.8) is 0 Å². The van der Waals surface area contributed by atoms with Crippen molar-refractivity contribution in [3.05, 3.63) is 78.0 Å². The molecule has 0 saturated carbocycles. The Morgan fingerprint density at radius 1 is 1.00 bits per heavy atom. The fourth-order valence-corrected chi connectivity index (χ4v) is 2.73. The van der Waals surface area contributed by atoms with E-state index in [1.807, 2.05) is 67.4 Å². The largest absolute Gasteiger partial charge is 0.355 e. The highest BCUT2D eigenvalue weighted by molar-refractivity contribution is 5.93. The summed E-state index contributed by atoms with van der Waals surface area (Å²) in [6, 6.07) is 21.7. The Balaban J connectivity index is 1.95. The molecule has 1 N–H and O–H groups in total. The van der Waals surface area contributed by atoms with Crippen LogP contribution in [0.1, 0.15) is 29.4 Å². The van der Waals surface area contributed by atoms with Crippen LogP contribution in [0.3, 0.4) is 0 Å². The van der Waals surface area contributed by atoms with Crippen LogP contribution in [0.2, 0.25) is 0 Å². The number of benzene rings is 2. The topological polar surface area (TPSA) is 58.1 Å². The molecule has 0 spiro atoms. The number of hydrogen-bond acceptors (Lipinski definition) is 4. The van der Waals surface area contributed by atoms with Gasteiger partial charge in [-0.2, -0.15) is 0 Å². The molecule has 27 heavy (non-hydrogen) atoms. The Morgan fingerprint density at radius 2 is 1.67 bits per heavy atom. The van der Waals surface area contributed by atoms with Crippen LogP contribution in [0.4, 0.5) is 5.82 Å². The standard InChI is InChI=1S/C22H24N4O/c1-3-14-23-22(27)19-15-20(26(2)16-17-10-6-4-7-11-17)25-21(24-19)18-12-8-5-9-13-18/h4-13,15H,3,14,16H2,1-2H3,(H,23,27). The van der Waals surface area contributed by atoms with Gasteiger partial charge in [-0.15, -0.1) is 0 Å². The van der Waals surface area contributed by atoms with E-state index in [-0.39, 0.29) is 5.91 Å². The molecule has 1 aromatic heterocycles. The number of carbonyl (C=O) groups is 1. The summed E-state index contributed by atoms with van der Waals surface area (Å²) in [7, 11) is 1.97. The monoisotopic (exact) mass is 360 g/mol. The molecule has 0 aliphatic heterocycles. The van der Waals surface area contributed by atoms with E-state index in [1.165, 1.54) is 5.56 Å². The van der Waals surface area contributed by atoms with Gasteiger partial charge in [0.1, 0.15) is 11.5 Å². The maximum absolute atomic E-state index is 12.5. The third kappa shape index (κ3) is 4.91. The fourth-order valence-electron chi connectivity index (χ4n) is 2.73. The Kier molecular flexibility index (Phi) is 6.15. The van der Waals surface area contributed by atoms with Gasteiger partial charge >= 0.3 is 0 Å². The summed E-state index contributed by atoms with van der Waals surface area (Å²) >= 11 is 0. The Bertz CT molecular complexity index is 881. The van der Waals surface area contributed by atoms with Gasteiger partial charge in [0.2, 0.25) is 0 Å². The van der Waals surface area contributed by atoms with Gasteiger partial charge in [0.15, 0.2) is 5.82 Å². The lowest BCUT2D eigenvalue weighted by atomic mass is 10.2. The summed E-state index contributed by atoms with van der Waals surface area (Å²) in [5.41, 5.74) is 2.45. The highest BCUT2D eigenvalue weighted by atomic mass is 16.1. The fraction of sp³-hybridized carbons (Fsp3) is 0.227. The Labute approximate surface area is 160 Å². The summed E-state index contributed by atoms with van der Waals surface area (Å²) in [6.07, 6.45) is 0.878. The van der Waals surface area contributed by atoms with Crippen molar-refractivity contribution in [2.24, 2.45) is 0 Å². The third-order valence-electron chi connectivity index (χ3n) is 4.17. The summed E-state index contributed by atoms with van der Waals surface area (Å²) in [4.78, 5) is 23.7. The molecule has 3 aromatic rings. The van der Waals surface area contributed by atoms with Crippen molar-refractivity contribution in [3.8, 4) is 11.4 Å². The van der Waals surface area contributed by atoms with E-state index < -0.39 is 0 Å². The molecule has 1 amide bonds. The van der Waals surface area contributed by atoms with Crippen molar-refractivity contribution >= 4 is 11.7 Å². The van der Waals surface area contributed by atoms with E-state index in [1.54, 1.807) is 6.07 Å². The number of hydrogen-bond donors (Lipinski definition) is 1. The molecule has 2 aromatic carbocycles. The second-order valence-corrected chi connectivity index (χ2v) is 6.40. The van der Waals surface area contributed by atoms with Crippen molar-refractivity contribution in [2.75, 3.05) is 18.5 Å². The molecular formula is C22H24N4O. The van der Waals surface area contributed by atoms with E-state index in [2.05, 4.69) is 22.4 Å². The SMILES string of the molecule is CCCNC(=O)c1cc(N(C)Cc2ccccc2)nc(-c2ccccc2)n1. The predicted molar refractivity (Wildman–Crippen MR) is 109 cm³/mol. The lowest BCUT2D eigenvalue weighted by Gasteiger charge is -2.19. The van der Waals surface area contributed by atoms with Crippen LogP contribution in [0.25, 0.3) is 11.4 Å². The molecule has 0 fully saturated rings. The van der Waals surface area contributed by atoms with Gasteiger partial charge in [0.25, 0.3) is 5.91 Å². The molecular weight excluding hydrogens is 336 g/mol. The highest BCUT2D eigenvalue weighted by Crippen LogP contribution is 2.21. The van der Waals surface area contributed by atoms with Crippen molar-refractivity contribution in [1.29, 1.82) is 0 Å². The van der Waals surface area contributed by atoms with Gasteiger partial charge in [0.05, 0.1) is 0 Å². The quantitative estimate of drug-likeness (QED) is 0.694. The first-order chi connectivity index (χ1) is 13.2. The number of anilines is 1. The van der Waals surface area contributed by atoms with Gasteiger partial charge in [-0.1, -0.05) is 67.6 Å². The van der Waals surface area contributed by atoms with Gasteiger partial charge in [0, 0.05) is 31.8 Å². The zero-order valence-electron chi connectivity index (χ0n) is 15.7. The molecule has 5 heteroatoms. The average Bonchev–Trinajstić information content (AvgIpc) is 2.73. The van der Waals surface area contributed by atoms with Crippen LogP contribution in [0.5, 0.6) is 0 Å². The third-order valence-corrected chi connectivity index (χ3v) is 4.17. The predicted octanol–water partition coefficient (Wildman–Crippen LogP) is 3.92. The zero-order chi connectivity index (χ0) is 19.1. The van der Waals surface area contributed by atoms with Crippen LogP contribution in [0.15, 0.2) is 66.7 Å². The maximum atomic E-state index is 12.5. The molecule has 0 saturated heterocycles. The minimum Gasteiger partial charge on any atom is -0.355 e. The van der Waals surface area contributed by atoms with E-state index in [0.29, 0.717) is 30.4 Å². The molecule has 0 aliphatic rings. The van der Waals surface area contributed by atoms with Gasteiger partial charge in [-0.05, 0) is 12.0 Å². The number of carbonyl (C=O) groups excluding carboxylic acids is 1.